The van der Waals surface area contributed by atoms with Crippen LogP contribution in [-0.2, 0) is 11.3 Å². The van der Waals surface area contributed by atoms with Gasteiger partial charge in [0, 0.05) is 29.5 Å². The minimum Gasteiger partial charge on any atom is -0.497 e. The number of methoxy groups -OCH3 is 1. The molecule has 1 amide bonds. The molecule has 0 aliphatic carbocycles. The molecule has 33 heavy (non-hydrogen) atoms. The molecule has 6 nitrogen and oxygen atoms in total. The average Bonchev–Trinajstić information content (AvgIpc) is 3.27. The Morgan fingerprint density at radius 3 is 2.67 bits per heavy atom. The summed E-state index contributed by atoms with van der Waals surface area (Å²) >= 11 is 3.15. The van der Waals surface area contributed by atoms with Crippen LogP contribution in [0.1, 0.15) is 18.9 Å². The number of thioether (sulfide) groups is 1. The third-order valence-corrected chi connectivity index (χ3v) is 6.95. The molecular weight excluding hydrogens is 454 g/mol. The van der Waals surface area contributed by atoms with Crippen molar-refractivity contribution in [2.75, 3.05) is 24.4 Å². The summed E-state index contributed by atoms with van der Waals surface area (Å²) in [6, 6.07) is 17.5. The van der Waals surface area contributed by atoms with Crippen molar-refractivity contribution in [1.29, 1.82) is 0 Å². The highest BCUT2D eigenvalue weighted by atomic mass is 32.2. The highest BCUT2D eigenvalue weighted by molar-refractivity contribution is 7.99. The maximum Gasteiger partial charge on any atom is 0.229 e. The second kappa shape index (κ2) is 11.2. The molecule has 0 aliphatic rings. The number of rotatable bonds is 10. The molecule has 4 rings (SSSR count). The van der Waals surface area contributed by atoms with Gasteiger partial charge in [-0.05, 0) is 61.0 Å². The molecule has 2 aromatic heterocycles. The van der Waals surface area contributed by atoms with Crippen molar-refractivity contribution in [3.63, 3.8) is 0 Å². The molecule has 4 aromatic rings. The van der Waals surface area contributed by atoms with Gasteiger partial charge in [0.15, 0.2) is 5.13 Å². The fraction of sp³-hybridized carbons (Fsp3) is 0.240. The first kappa shape index (κ1) is 23.1. The van der Waals surface area contributed by atoms with Crippen molar-refractivity contribution in [3.05, 3.63) is 72.6 Å². The van der Waals surface area contributed by atoms with Crippen molar-refractivity contribution in [3.8, 4) is 11.5 Å². The van der Waals surface area contributed by atoms with Gasteiger partial charge in [0.05, 0.1) is 30.5 Å². The highest BCUT2D eigenvalue weighted by Gasteiger charge is 2.20. The smallest absolute Gasteiger partial charge is 0.229 e. The monoisotopic (exact) mass is 479 g/mol. The Kier molecular flexibility index (Phi) is 7.80. The Labute approximate surface area is 201 Å². The number of benzene rings is 2. The predicted molar refractivity (Wildman–Crippen MR) is 135 cm³/mol. The van der Waals surface area contributed by atoms with Crippen LogP contribution in [0.2, 0.25) is 0 Å². The van der Waals surface area contributed by atoms with E-state index in [-0.39, 0.29) is 5.91 Å². The number of carbonyl (C=O) groups excluding carboxylic acids is 1. The Bertz CT molecular complexity index is 1200. The second-order valence-electron chi connectivity index (χ2n) is 7.17. The number of hydrogen-bond donors (Lipinski definition) is 0. The number of fused-ring (bicyclic) bond motifs is 1. The summed E-state index contributed by atoms with van der Waals surface area (Å²) in [6.45, 7) is 2.99. The van der Waals surface area contributed by atoms with Crippen molar-refractivity contribution < 1.29 is 14.3 Å². The number of anilines is 1. The van der Waals surface area contributed by atoms with Gasteiger partial charge < -0.3 is 9.47 Å². The van der Waals surface area contributed by atoms with Gasteiger partial charge in [0.25, 0.3) is 0 Å². The molecule has 0 aliphatic heterocycles. The lowest BCUT2D eigenvalue weighted by molar-refractivity contribution is -0.118. The number of ether oxygens (including phenoxy) is 2. The number of hydrogen-bond acceptors (Lipinski definition) is 7. The molecule has 0 spiro atoms. The lowest BCUT2D eigenvalue weighted by Crippen LogP contribution is -2.30. The van der Waals surface area contributed by atoms with Crippen LogP contribution in [0.5, 0.6) is 11.5 Å². The Morgan fingerprint density at radius 1 is 1.12 bits per heavy atom. The molecule has 0 saturated heterocycles. The van der Waals surface area contributed by atoms with Gasteiger partial charge in [0.2, 0.25) is 5.91 Å². The number of carbonyl (C=O) groups is 1. The summed E-state index contributed by atoms with van der Waals surface area (Å²) in [5.74, 6) is 2.33. The third kappa shape index (κ3) is 6.03. The molecule has 8 heteroatoms. The Hall–Kier alpha value is -3.10. The minimum atomic E-state index is 0.0314. The van der Waals surface area contributed by atoms with Crippen LogP contribution in [0.25, 0.3) is 10.2 Å². The SMILES string of the molecule is CCOc1ccc2nc(N(Cc3cccnc3)C(=O)CCSc3ccc(OC)cc3)sc2c1. The lowest BCUT2D eigenvalue weighted by Gasteiger charge is -2.20. The number of pyridine rings is 1. The van der Waals surface area contributed by atoms with E-state index in [4.69, 9.17) is 14.5 Å². The summed E-state index contributed by atoms with van der Waals surface area (Å²) in [7, 11) is 1.65. The highest BCUT2D eigenvalue weighted by Crippen LogP contribution is 2.33. The van der Waals surface area contributed by atoms with Crippen LogP contribution >= 0.6 is 23.1 Å². The summed E-state index contributed by atoms with van der Waals surface area (Å²) in [5, 5.41) is 0.682. The first-order valence-corrected chi connectivity index (χ1v) is 12.5. The normalized spacial score (nSPS) is 10.8. The van der Waals surface area contributed by atoms with E-state index in [1.807, 2.05) is 61.5 Å². The van der Waals surface area contributed by atoms with Crippen LogP contribution < -0.4 is 14.4 Å². The second-order valence-corrected chi connectivity index (χ2v) is 9.35. The molecule has 2 aromatic carbocycles. The Morgan fingerprint density at radius 2 is 1.94 bits per heavy atom. The van der Waals surface area contributed by atoms with Gasteiger partial charge in [-0.1, -0.05) is 17.4 Å². The van der Waals surface area contributed by atoms with Crippen molar-refractivity contribution in [1.82, 2.24) is 9.97 Å². The van der Waals surface area contributed by atoms with Crippen molar-refractivity contribution in [2.24, 2.45) is 0 Å². The maximum atomic E-state index is 13.3. The van der Waals surface area contributed by atoms with E-state index < -0.39 is 0 Å². The molecule has 0 unspecified atom stereocenters. The number of nitrogens with zero attached hydrogens (tertiary/aromatic N) is 3. The summed E-state index contributed by atoms with van der Waals surface area (Å²) in [5.41, 5.74) is 1.82. The van der Waals surface area contributed by atoms with Crippen LogP contribution in [0.15, 0.2) is 71.9 Å². The zero-order valence-corrected chi connectivity index (χ0v) is 20.2. The van der Waals surface area contributed by atoms with E-state index >= 15 is 0 Å². The summed E-state index contributed by atoms with van der Waals surface area (Å²) in [4.78, 5) is 25.1. The fourth-order valence-corrected chi connectivity index (χ4v) is 5.12. The quantitative estimate of drug-likeness (QED) is 0.267. The number of amides is 1. The molecule has 0 bridgehead atoms. The molecule has 0 fully saturated rings. The zero-order chi connectivity index (χ0) is 23.0. The number of thiazole rings is 1. The summed E-state index contributed by atoms with van der Waals surface area (Å²) < 4.78 is 11.8. The largest absolute Gasteiger partial charge is 0.497 e. The van der Waals surface area contributed by atoms with Gasteiger partial charge in [0.1, 0.15) is 11.5 Å². The fourth-order valence-electron chi connectivity index (χ4n) is 3.26. The van der Waals surface area contributed by atoms with E-state index in [2.05, 4.69) is 4.98 Å². The van der Waals surface area contributed by atoms with Crippen molar-refractivity contribution in [2.45, 2.75) is 24.8 Å². The zero-order valence-electron chi connectivity index (χ0n) is 18.6. The molecular formula is C25H25N3O3S2. The molecule has 0 saturated carbocycles. The van der Waals surface area contributed by atoms with Gasteiger partial charge in [-0.3, -0.25) is 14.7 Å². The van der Waals surface area contributed by atoms with E-state index in [1.165, 1.54) is 11.3 Å². The third-order valence-electron chi connectivity index (χ3n) is 4.90. The van der Waals surface area contributed by atoms with E-state index in [9.17, 15) is 4.79 Å². The molecule has 0 radical (unpaired) electrons. The van der Waals surface area contributed by atoms with Gasteiger partial charge >= 0.3 is 0 Å². The first-order chi connectivity index (χ1) is 16.2. The van der Waals surface area contributed by atoms with Crippen LogP contribution in [0, 0.1) is 0 Å². The standard InChI is InChI=1S/C25H25N3O3S2/c1-3-31-20-8-11-22-23(15-20)33-25(27-22)28(17-18-5-4-13-26-16-18)24(29)12-14-32-21-9-6-19(30-2)7-10-21/h4-11,13,15-16H,3,12,14,17H2,1-2H3. The van der Waals surface area contributed by atoms with Crippen LogP contribution in [0.3, 0.4) is 0 Å². The van der Waals surface area contributed by atoms with Gasteiger partial charge in [-0.25, -0.2) is 4.98 Å². The van der Waals surface area contributed by atoms with E-state index in [0.29, 0.717) is 30.5 Å². The predicted octanol–water partition coefficient (Wildman–Crippen LogP) is 5.81. The van der Waals surface area contributed by atoms with E-state index in [0.717, 1.165) is 32.2 Å². The topological polar surface area (TPSA) is 64.5 Å². The maximum absolute atomic E-state index is 13.3. The molecule has 170 valence electrons. The van der Waals surface area contributed by atoms with Gasteiger partial charge in [-0.15, -0.1) is 11.8 Å². The van der Waals surface area contributed by atoms with E-state index in [1.54, 1.807) is 36.2 Å². The summed E-state index contributed by atoms with van der Waals surface area (Å²) in [6.07, 6.45) is 3.91. The minimum absolute atomic E-state index is 0.0314. The van der Waals surface area contributed by atoms with Crippen molar-refractivity contribution >= 4 is 44.4 Å². The van der Waals surface area contributed by atoms with Crippen LogP contribution in [0.4, 0.5) is 5.13 Å². The average molecular weight is 480 g/mol. The van der Waals surface area contributed by atoms with Gasteiger partial charge in [-0.2, -0.15) is 0 Å². The lowest BCUT2D eigenvalue weighted by atomic mass is 10.2. The number of aromatic nitrogens is 2. The van der Waals surface area contributed by atoms with Crippen LogP contribution in [-0.4, -0.2) is 35.3 Å². The molecule has 0 N–H and O–H groups in total. The molecule has 0 atom stereocenters. The Balaban J connectivity index is 1.51. The first-order valence-electron chi connectivity index (χ1n) is 10.7. The molecule has 2 heterocycles.